The SMILES string of the molecule is Cc1nc2cc(N3CCC[C@@H](c4ccncc4)C3)nc(-c3ccc(Cl)cc3F)c2c(=O)n1C. The van der Waals surface area contributed by atoms with Crippen molar-refractivity contribution in [2.24, 2.45) is 7.05 Å². The van der Waals surface area contributed by atoms with Crippen LogP contribution in [-0.2, 0) is 7.05 Å². The van der Waals surface area contributed by atoms with Gasteiger partial charge >= 0.3 is 0 Å². The summed E-state index contributed by atoms with van der Waals surface area (Å²) in [5.74, 6) is 1.09. The first kappa shape index (κ1) is 21.5. The van der Waals surface area contributed by atoms with E-state index in [9.17, 15) is 9.18 Å². The molecule has 168 valence electrons. The average Bonchev–Trinajstić information content (AvgIpc) is 2.82. The van der Waals surface area contributed by atoms with Crippen LogP contribution in [0.15, 0.2) is 53.6 Å². The molecular weight excluding hydrogens is 441 g/mol. The van der Waals surface area contributed by atoms with Crippen LogP contribution in [0.2, 0.25) is 5.02 Å². The molecule has 0 N–H and O–H groups in total. The van der Waals surface area contributed by atoms with Gasteiger partial charge in [0, 0.05) is 55.1 Å². The summed E-state index contributed by atoms with van der Waals surface area (Å²) in [5.41, 5.74) is 2.01. The van der Waals surface area contributed by atoms with E-state index >= 15 is 0 Å². The zero-order chi connectivity index (χ0) is 23.1. The maximum atomic E-state index is 15.0. The average molecular weight is 464 g/mol. The molecule has 1 aromatic carbocycles. The number of hydrogen-bond acceptors (Lipinski definition) is 5. The molecule has 4 aromatic rings. The molecule has 4 heterocycles. The Bertz CT molecular complexity index is 1410. The maximum Gasteiger partial charge on any atom is 0.263 e. The molecule has 3 aromatic heterocycles. The quantitative estimate of drug-likeness (QED) is 0.433. The number of aryl methyl sites for hydroxylation is 1. The fourth-order valence-electron chi connectivity index (χ4n) is 4.51. The van der Waals surface area contributed by atoms with Crippen molar-refractivity contribution in [1.82, 2.24) is 19.5 Å². The zero-order valence-corrected chi connectivity index (χ0v) is 19.2. The molecule has 0 spiro atoms. The van der Waals surface area contributed by atoms with E-state index in [1.807, 2.05) is 30.6 Å². The van der Waals surface area contributed by atoms with Gasteiger partial charge in [0.2, 0.25) is 0 Å². The molecule has 1 aliphatic rings. The summed E-state index contributed by atoms with van der Waals surface area (Å²) < 4.78 is 16.4. The van der Waals surface area contributed by atoms with E-state index < -0.39 is 5.82 Å². The van der Waals surface area contributed by atoms with E-state index in [0.717, 1.165) is 25.9 Å². The van der Waals surface area contributed by atoms with Crippen LogP contribution in [0, 0.1) is 12.7 Å². The van der Waals surface area contributed by atoms with E-state index in [2.05, 4.69) is 14.9 Å². The highest BCUT2D eigenvalue weighted by atomic mass is 35.5. The van der Waals surface area contributed by atoms with Gasteiger partial charge in [0.05, 0.1) is 16.6 Å². The number of fused-ring (bicyclic) bond motifs is 1. The topological polar surface area (TPSA) is 63.9 Å². The molecule has 1 saturated heterocycles. The molecule has 1 fully saturated rings. The van der Waals surface area contributed by atoms with Crippen LogP contribution >= 0.6 is 11.6 Å². The first-order valence-corrected chi connectivity index (χ1v) is 11.3. The van der Waals surface area contributed by atoms with Crippen molar-refractivity contribution < 1.29 is 4.39 Å². The molecule has 0 aliphatic carbocycles. The Balaban J connectivity index is 1.67. The van der Waals surface area contributed by atoms with Gasteiger partial charge in [-0.3, -0.25) is 14.3 Å². The third kappa shape index (κ3) is 3.97. The Labute approximate surface area is 195 Å². The summed E-state index contributed by atoms with van der Waals surface area (Å²) in [5, 5.41) is 0.588. The summed E-state index contributed by atoms with van der Waals surface area (Å²) in [6.45, 7) is 3.38. The highest BCUT2D eigenvalue weighted by Gasteiger charge is 2.25. The molecule has 0 bridgehead atoms. The molecule has 5 rings (SSSR count). The minimum absolute atomic E-state index is 0.233. The third-order valence-electron chi connectivity index (χ3n) is 6.38. The standard InChI is InChI=1S/C25H23ClFN5O/c1-15-29-21-13-22(32-11-3-4-17(14-32)16-7-9-28-10-8-16)30-24(23(21)25(33)31(15)2)19-6-5-18(26)12-20(19)27/h5-10,12-13,17H,3-4,11,14H2,1-2H3/t17-/m1/s1. The van der Waals surface area contributed by atoms with Crippen molar-refractivity contribution in [3.63, 3.8) is 0 Å². The van der Waals surface area contributed by atoms with Crippen LogP contribution in [-0.4, -0.2) is 32.6 Å². The van der Waals surface area contributed by atoms with Crippen LogP contribution in [0.5, 0.6) is 0 Å². The van der Waals surface area contributed by atoms with E-state index in [1.165, 1.54) is 16.2 Å². The first-order valence-electron chi connectivity index (χ1n) is 10.9. The van der Waals surface area contributed by atoms with Crippen LogP contribution in [0.1, 0.15) is 30.1 Å². The summed E-state index contributed by atoms with van der Waals surface area (Å²) in [6, 6.07) is 10.3. The second kappa shape index (κ2) is 8.56. The number of hydrogen-bond donors (Lipinski definition) is 0. The number of rotatable bonds is 3. The van der Waals surface area contributed by atoms with Crippen molar-refractivity contribution >= 4 is 28.3 Å². The van der Waals surface area contributed by atoms with Crippen molar-refractivity contribution in [3.8, 4) is 11.3 Å². The van der Waals surface area contributed by atoms with E-state index in [-0.39, 0.29) is 21.8 Å². The lowest BCUT2D eigenvalue weighted by Gasteiger charge is -2.34. The Morgan fingerprint density at radius 1 is 1.12 bits per heavy atom. The number of pyridine rings is 2. The first-order chi connectivity index (χ1) is 15.9. The molecule has 0 amide bonds. The van der Waals surface area contributed by atoms with Crippen molar-refractivity contribution in [1.29, 1.82) is 0 Å². The largest absolute Gasteiger partial charge is 0.356 e. The smallest absolute Gasteiger partial charge is 0.263 e. The second-order valence-corrected chi connectivity index (χ2v) is 8.87. The number of anilines is 1. The number of aromatic nitrogens is 4. The third-order valence-corrected chi connectivity index (χ3v) is 6.62. The molecule has 0 unspecified atom stereocenters. The van der Waals surface area contributed by atoms with Gasteiger partial charge in [0.15, 0.2) is 0 Å². The van der Waals surface area contributed by atoms with Gasteiger partial charge in [-0.05, 0) is 55.7 Å². The number of nitrogens with zero attached hydrogens (tertiary/aromatic N) is 5. The van der Waals surface area contributed by atoms with Gasteiger partial charge in [0.1, 0.15) is 17.5 Å². The molecule has 6 nitrogen and oxygen atoms in total. The minimum Gasteiger partial charge on any atom is -0.356 e. The fourth-order valence-corrected chi connectivity index (χ4v) is 4.67. The Morgan fingerprint density at radius 3 is 2.67 bits per heavy atom. The van der Waals surface area contributed by atoms with E-state index in [4.69, 9.17) is 16.6 Å². The number of benzene rings is 1. The maximum absolute atomic E-state index is 15.0. The van der Waals surface area contributed by atoms with Crippen molar-refractivity contribution in [3.05, 3.63) is 81.4 Å². The molecular formula is C25H23ClFN5O. The molecule has 1 atom stereocenters. The summed E-state index contributed by atoms with van der Waals surface area (Å²) >= 11 is 5.98. The second-order valence-electron chi connectivity index (χ2n) is 8.44. The predicted octanol–water partition coefficient (Wildman–Crippen LogP) is 4.88. The molecule has 0 radical (unpaired) electrons. The summed E-state index contributed by atoms with van der Waals surface area (Å²) in [4.78, 5) is 28.9. The van der Waals surface area contributed by atoms with Gasteiger partial charge in [-0.25, -0.2) is 14.4 Å². The monoisotopic (exact) mass is 463 g/mol. The molecule has 1 aliphatic heterocycles. The van der Waals surface area contributed by atoms with Crippen molar-refractivity contribution in [2.75, 3.05) is 18.0 Å². The highest BCUT2D eigenvalue weighted by molar-refractivity contribution is 6.30. The lowest BCUT2D eigenvalue weighted by Crippen LogP contribution is -2.35. The predicted molar refractivity (Wildman–Crippen MR) is 128 cm³/mol. The zero-order valence-electron chi connectivity index (χ0n) is 18.4. The summed E-state index contributed by atoms with van der Waals surface area (Å²) in [7, 11) is 1.66. The van der Waals surface area contributed by atoms with Gasteiger partial charge in [0.25, 0.3) is 5.56 Å². The number of halogens is 2. The fraction of sp³-hybridized carbons (Fsp3) is 0.280. The molecule has 33 heavy (non-hydrogen) atoms. The van der Waals surface area contributed by atoms with Gasteiger partial charge in [-0.1, -0.05) is 11.6 Å². The molecule has 0 saturated carbocycles. The molecule has 8 heteroatoms. The highest BCUT2D eigenvalue weighted by Crippen LogP contribution is 2.34. The van der Waals surface area contributed by atoms with Gasteiger partial charge in [-0.2, -0.15) is 0 Å². The van der Waals surface area contributed by atoms with Crippen LogP contribution in [0.4, 0.5) is 10.2 Å². The van der Waals surface area contributed by atoms with Crippen LogP contribution < -0.4 is 10.5 Å². The normalized spacial score (nSPS) is 16.4. The minimum atomic E-state index is -0.524. The van der Waals surface area contributed by atoms with E-state index in [1.54, 1.807) is 26.1 Å². The van der Waals surface area contributed by atoms with Crippen LogP contribution in [0.25, 0.3) is 22.2 Å². The lowest BCUT2D eigenvalue weighted by molar-refractivity contribution is 0.507. The Hall–Kier alpha value is -3.32. The number of piperidine rings is 1. The Morgan fingerprint density at radius 2 is 1.91 bits per heavy atom. The lowest BCUT2D eigenvalue weighted by atomic mass is 9.91. The van der Waals surface area contributed by atoms with Crippen molar-refractivity contribution in [2.45, 2.75) is 25.7 Å². The van der Waals surface area contributed by atoms with Gasteiger partial charge in [-0.15, -0.1) is 0 Å². The van der Waals surface area contributed by atoms with E-state index in [0.29, 0.717) is 28.5 Å². The van der Waals surface area contributed by atoms with Gasteiger partial charge < -0.3 is 4.90 Å². The summed E-state index contributed by atoms with van der Waals surface area (Å²) in [6.07, 6.45) is 5.70. The Kier molecular flexibility index (Phi) is 5.58. The van der Waals surface area contributed by atoms with Crippen LogP contribution in [0.3, 0.4) is 0 Å².